The van der Waals surface area contributed by atoms with Crippen LogP contribution >= 0.6 is 15.9 Å². The summed E-state index contributed by atoms with van der Waals surface area (Å²) >= 11 is 3.38. The first-order valence-corrected chi connectivity index (χ1v) is 5.87. The molecule has 0 fully saturated rings. The van der Waals surface area contributed by atoms with Crippen molar-refractivity contribution in [2.24, 2.45) is 0 Å². The van der Waals surface area contributed by atoms with Gasteiger partial charge in [0.15, 0.2) is 0 Å². The minimum absolute atomic E-state index is 0.186. The summed E-state index contributed by atoms with van der Waals surface area (Å²) in [6, 6.07) is 7.86. The monoisotopic (exact) mass is 281 g/mol. The lowest BCUT2D eigenvalue weighted by Crippen LogP contribution is -1.93. The van der Waals surface area contributed by atoms with E-state index in [0.29, 0.717) is 0 Å². The molecule has 0 unspecified atom stereocenters. The van der Waals surface area contributed by atoms with Crippen LogP contribution in [0.3, 0.4) is 0 Å². The first-order chi connectivity index (χ1) is 7.79. The van der Waals surface area contributed by atoms with Crippen molar-refractivity contribution in [1.29, 1.82) is 0 Å². The molecule has 1 aromatic carbocycles. The third kappa shape index (κ3) is 2.68. The number of aryl methyl sites for hydroxylation is 1. The summed E-state index contributed by atoms with van der Waals surface area (Å²) < 4.78 is 2.77. The number of nitrogens with zero attached hydrogens (tertiary/aromatic N) is 3. The van der Waals surface area contributed by atoms with Crippen LogP contribution in [0.25, 0.3) is 5.69 Å². The predicted octanol–water partition coefficient (Wildman–Crippen LogP) is 1.95. The SMILES string of the molecule is OCCCc1cn(-c2ccc(Br)cc2)nn1. The minimum Gasteiger partial charge on any atom is -0.396 e. The number of hydrogen-bond donors (Lipinski definition) is 1. The van der Waals surface area contributed by atoms with Gasteiger partial charge in [-0.3, -0.25) is 0 Å². The van der Waals surface area contributed by atoms with E-state index in [1.807, 2.05) is 30.5 Å². The Labute approximate surface area is 102 Å². The zero-order valence-corrected chi connectivity index (χ0v) is 10.3. The van der Waals surface area contributed by atoms with Crippen LogP contribution in [0.2, 0.25) is 0 Å². The van der Waals surface area contributed by atoms with Crippen molar-refractivity contribution in [3.8, 4) is 5.69 Å². The molecule has 1 aromatic heterocycles. The van der Waals surface area contributed by atoms with Crippen LogP contribution in [0.4, 0.5) is 0 Å². The molecule has 0 atom stereocenters. The van der Waals surface area contributed by atoms with Gasteiger partial charge in [0.1, 0.15) is 0 Å². The number of hydrogen-bond acceptors (Lipinski definition) is 3. The highest BCUT2D eigenvalue weighted by Gasteiger charge is 2.02. The molecule has 1 N–H and O–H groups in total. The van der Waals surface area contributed by atoms with E-state index in [0.717, 1.165) is 28.7 Å². The van der Waals surface area contributed by atoms with Gasteiger partial charge in [-0.2, -0.15) is 0 Å². The largest absolute Gasteiger partial charge is 0.396 e. The van der Waals surface area contributed by atoms with Crippen LogP contribution in [0.15, 0.2) is 34.9 Å². The maximum absolute atomic E-state index is 8.72. The third-order valence-electron chi connectivity index (χ3n) is 2.22. The highest BCUT2D eigenvalue weighted by Crippen LogP contribution is 2.13. The summed E-state index contributed by atoms with van der Waals surface area (Å²) in [5.41, 5.74) is 1.88. The lowest BCUT2D eigenvalue weighted by Gasteiger charge is -1.98. The van der Waals surface area contributed by atoms with Crippen LogP contribution < -0.4 is 0 Å². The summed E-state index contributed by atoms with van der Waals surface area (Å²) in [5, 5.41) is 16.8. The second-order valence-corrected chi connectivity index (χ2v) is 4.37. The van der Waals surface area contributed by atoms with E-state index in [4.69, 9.17) is 5.11 Å². The fraction of sp³-hybridized carbons (Fsp3) is 0.273. The Morgan fingerprint density at radius 3 is 2.69 bits per heavy atom. The van der Waals surface area contributed by atoms with Gasteiger partial charge < -0.3 is 5.11 Å². The molecule has 0 amide bonds. The Balaban J connectivity index is 2.15. The summed E-state index contributed by atoms with van der Waals surface area (Å²) in [6.45, 7) is 0.186. The van der Waals surface area contributed by atoms with E-state index in [1.165, 1.54) is 0 Å². The molecule has 0 aliphatic heterocycles. The molecule has 0 saturated heterocycles. The van der Waals surface area contributed by atoms with Gasteiger partial charge in [0, 0.05) is 11.1 Å². The quantitative estimate of drug-likeness (QED) is 0.932. The smallest absolute Gasteiger partial charge is 0.0832 e. The molecule has 1 heterocycles. The normalized spacial score (nSPS) is 10.6. The van der Waals surface area contributed by atoms with Crippen LogP contribution in [0.1, 0.15) is 12.1 Å². The Hall–Kier alpha value is -1.20. The second kappa shape index (κ2) is 5.23. The van der Waals surface area contributed by atoms with Gasteiger partial charge in [0.2, 0.25) is 0 Å². The number of aromatic nitrogens is 3. The van der Waals surface area contributed by atoms with E-state index in [1.54, 1.807) is 4.68 Å². The number of benzene rings is 1. The van der Waals surface area contributed by atoms with Crippen LogP contribution in [0.5, 0.6) is 0 Å². The zero-order chi connectivity index (χ0) is 11.4. The maximum Gasteiger partial charge on any atom is 0.0832 e. The van der Waals surface area contributed by atoms with E-state index >= 15 is 0 Å². The first kappa shape index (κ1) is 11.3. The molecular weight excluding hydrogens is 270 g/mol. The van der Waals surface area contributed by atoms with Crippen LogP contribution in [-0.2, 0) is 6.42 Å². The molecule has 0 spiro atoms. The predicted molar refractivity (Wildman–Crippen MR) is 64.5 cm³/mol. The van der Waals surface area contributed by atoms with Crippen LogP contribution in [0, 0.1) is 0 Å². The lowest BCUT2D eigenvalue weighted by atomic mass is 10.2. The topological polar surface area (TPSA) is 50.9 Å². The van der Waals surface area contributed by atoms with Crippen molar-refractivity contribution in [1.82, 2.24) is 15.0 Å². The van der Waals surface area contributed by atoms with Crippen molar-refractivity contribution in [3.63, 3.8) is 0 Å². The average Bonchev–Trinajstić information content (AvgIpc) is 2.76. The van der Waals surface area contributed by atoms with Gasteiger partial charge in [-0.05, 0) is 37.1 Å². The Morgan fingerprint density at radius 2 is 2.00 bits per heavy atom. The zero-order valence-electron chi connectivity index (χ0n) is 8.67. The molecule has 0 bridgehead atoms. The average molecular weight is 282 g/mol. The summed E-state index contributed by atoms with van der Waals surface area (Å²) in [7, 11) is 0. The summed E-state index contributed by atoms with van der Waals surface area (Å²) in [5.74, 6) is 0. The molecule has 0 saturated carbocycles. The van der Waals surface area contributed by atoms with Gasteiger partial charge in [0.25, 0.3) is 0 Å². The molecule has 4 nitrogen and oxygen atoms in total. The summed E-state index contributed by atoms with van der Waals surface area (Å²) in [6.07, 6.45) is 3.37. The molecular formula is C11H12BrN3O. The van der Waals surface area contributed by atoms with E-state index in [-0.39, 0.29) is 6.61 Å². The second-order valence-electron chi connectivity index (χ2n) is 3.46. The fourth-order valence-corrected chi connectivity index (χ4v) is 1.66. The molecule has 0 radical (unpaired) electrons. The molecule has 0 aliphatic carbocycles. The molecule has 84 valence electrons. The van der Waals surface area contributed by atoms with E-state index in [9.17, 15) is 0 Å². The van der Waals surface area contributed by atoms with Gasteiger partial charge in [-0.15, -0.1) is 5.10 Å². The van der Waals surface area contributed by atoms with Crippen molar-refractivity contribution in [3.05, 3.63) is 40.6 Å². The fourth-order valence-electron chi connectivity index (χ4n) is 1.39. The third-order valence-corrected chi connectivity index (χ3v) is 2.75. The number of halogens is 1. The molecule has 2 aromatic rings. The lowest BCUT2D eigenvalue weighted by molar-refractivity contribution is 0.288. The van der Waals surface area contributed by atoms with Crippen molar-refractivity contribution < 1.29 is 5.11 Å². The van der Waals surface area contributed by atoms with Crippen molar-refractivity contribution in [2.45, 2.75) is 12.8 Å². The van der Waals surface area contributed by atoms with Gasteiger partial charge in [-0.1, -0.05) is 21.1 Å². The number of rotatable bonds is 4. The standard InChI is InChI=1S/C11H12BrN3O/c12-9-3-5-11(6-4-9)15-8-10(13-14-15)2-1-7-16/h3-6,8,16H,1-2,7H2. The highest BCUT2D eigenvalue weighted by atomic mass is 79.9. The minimum atomic E-state index is 0.186. The van der Waals surface area contributed by atoms with Crippen molar-refractivity contribution >= 4 is 15.9 Å². The van der Waals surface area contributed by atoms with E-state index in [2.05, 4.69) is 26.2 Å². The molecule has 0 aliphatic rings. The van der Waals surface area contributed by atoms with Crippen LogP contribution in [-0.4, -0.2) is 26.7 Å². The molecule has 2 rings (SSSR count). The first-order valence-electron chi connectivity index (χ1n) is 5.07. The highest BCUT2D eigenvalue weighted by molar-refractivity contribution is 9.10. The van der Waals surface area contributed by atoms with Crippen molar-refractivity contribution in [2.75, 3.05) is 6.61 Å². The summed E-state index contributed by atoms with van der Waals surface area (Å²) in [4.78, 5) is 0. The maximum atomic E-state index is 8.72. The van der Waals surface area contributed by atoms with Gasteiger partial charge in [0.05, 0.1) is 17.6 Å². The van der Waals surface area contributed by atoms with E-state index < -0.39 is 0 Å². The number of aliphatic hydroxyl groups excluding tert-OH is 1. The van der Waals surface area contributed by atoms with Gasteiger partial charge >= 0.3 is 0 Å². The van der Waals surface area contributed by atoms with Gasteiger partial charge in [-0.25, -0.2) is 4.68 Å². The Bertz CT molecular complexity index is 453. The number of aliphatic hydroxyl groups is 1. The molecule has 16 heavy (non-hydrogen) atoms. The molecule has 5 heteroatoms. The Morgan fingerprint density at radius 1 is 1.25 bits per heavy atom. The Kier molecular flexibility index (Phi) is 3.69.